The lowest BCUT2D eigenvalue weighted by Gasteiger charge is -2.06. The lowest BCUT2D eigenvalue weighted by atomic mass is 10.2. The van der Waals surface area contributed by atoms with E-state index in [0.717, 1.165) is 16.9 Å². The quantitative estimate of drug-likeness (QED) is 0.562. The fourth-order valence-corrected chi connectivity index (χ4v) is 3.23. The molecule has 0 aliphatic carbocycles. The van der Waals surface area contributed by atoms with Gasteiger partial charge in [0.2, 0.25) is 0 Å². The van der Waals surface area contributed by atoms with E-state index < -0.39 is 0 Å². The van der Waals surface area contributed by atoms with Crippen molar-refractivity contribution in [2.75, 3.05) is 5.32 Å². The normalized spacial score (nSPS) is 10.5. The van der Waals surface area contributed by atoms with Crippen LogP contribution in [-0.4, -0.2) is 5.91 Å². The molecule has 1 amide bonds. The number of ether oxygens (including phenoxy) is 1. The number of rotatable bonds is 5. The molecule has 128 valence electrons. The highest BCUT2D eigenvalue weighted by Gasteiger charge is 2.10. The number of nitrogens with one attached hydrogen (secondary N) is 1. The lowest BCUT2D eigenvalue weighted by molar-refractivity contribution is 0.103. The molecule has 1 heterocycles. The van der Waals surface area contributed by atoms with Crippen molar-refractivity contribution in [3.8, 4) is 5.75 Å². The van der Waals surface area contributed by atoms with E-state index in [1.54, 1.807) is 18.2 Å². The van der Waals surface area contributed by atoms with Gasteiger partial charge in [-0.25, -0.2) is 0 Å². The number of amides is 1. The molecule has 25 heavy (non-hydrogen) atoms. The van der Waals surface area contributed by atoms with Crippen LogP contribution in [0, 0.1) is 6.92 Å². The zero-order valence-corrected chi connectivity index (χ0v) is 15.7. The van der Waals surface area contributed by atoms with Gasteiger partial charge in [-0.15, -0.1) is 11.3 Å². The predicted octanol–water partition coefficient (Wildman–Crippen LogP) is 6.19. The Kier molecular flexibility index (Phi) is 5.63. The summed E-state index contributed by atoms with van der Waals surface area (Å²) in [6, 6.07) is 14.4. The summed E-state index contributed by atoms with van der Waals surface area (Å²) in [5.74, 6) is 0.568. The second-order valence-electron chi connectivity index (χ2n) is 5.48. The molecule has 6 heteroatoms. The van der Waals surface area contributed by atoms with Crippen molar-refractivity contribution in [1.82, 2.24) is 0 Å². The first kappa shape index (κ1) is 17.8. The van der Waals surface area contributed by atoms with Gasteiger partial charge in [0.15, 0.2) is 0 Å². The van der Waals surface area contributed by atoms with Crippen molar-refractivity contribution < 1.29 is 9.53 Å². The highest BCUT2D eigenvalue weighted by atomic mass is 35.5. The standard InChI is InChI=1S/C19H15Cl2NO2S/c1-12-2-5-15(9-17(12)21)22-19(23)18-8-13(11-25-18)10-24-16-6-3-14(20)4-7-16/h2-9,11H,10H2,1H3,(H,22,23). The van der Waals surface area contributed by atoms with E-state index in [-0.39, 0.29) is 5.91 Å². The number of hydrogen-bond acceptors (Lipinski definition) is 3. The molecule has 3 nitrogen and oxygen atoms in total. The van der Waals surface area contributed by atoms with E-state index in [9.17, 15) is 4.79 Å². The van der Waals surface area contributed by atoms with Crippen molar-refractivity contribution in [2.24, 2.45) is 0 Å². The fraction of sp³-hybridized carbons (Fsp3) is 0.105. The number of thiophene rings is 1. The summed E-state index contributed by atoms with van der Waals surface area (Å²) in [5.41, 5.74) is 2.58. The molecule has 1 N–H and O–H groups in total. The smallest absolute Gasteiger partial charge is 0.265 e. The van der Waals surface area contributed by atoms with Gasteiger partial charge >= 0.3 is 0 Å². The van der Waals surface area contributed by atoms with Crippen LogP contribution in [0.1, 0.15) is 20.8 Å². The monoisotopic (exact) mass is 391 g/mol. The number of hydrogen-bond donors (Lipinski definition) is 1. The van der Waals surface area contributed by atoms with Gasteiger partial charge in [0.25, 0.3) is 5.91 Å². The first-order valence-electron chi connectivity index (χ1n) is 7.54. The molecule has 0 aliphatic heterocycles. The van der Waals surface area contributed by atoms with Crippen LogP contribution >= 0.6 is 34.5 Å². The van der Waals surface area contributed by atoms with Gasteiger partial charge < -0.3 is 10.1 Å². The Morgan fingerprint density at radius 2 is 1.88 bits per heavy atom. The van der Waals surface area contributed by atoms with Crippen LogP contribution in [0.3, 0.4) is 0 Å². The Balaban J connectivity index is 1.61. The highest BCUT2D eigenvalue weighted by molar-refractivity contribution is 7.12. The number of benzene rings is 2. The van der Waals surface area contributed by atoms with Gasteiger partial charge in [-0.05, 0) is 60.3 Å². The van der Waals surface area contributed by atoms with Gasteiger partial charge in [0, 0.05) is 21.3 Å². The topological polar surface area (TPSA) is 38.3 Å². The molecule has 0 unspecified atom stereocenters. The van der Waals surface area contributed by atoms with Gasteiger partial charge in [0.05, 0.1) is 4.88 Å². The second kappa shape index (κ2) is 7.91. The number of anilines is 1. The Labute approximate surface area is 160 Å². The third-order valence-electron chi connectivity index (χ3n) is 3.53. The average Bonchev–Trinajstić information content (AvgIpc) is 3.07. The predicted molar refractivity (Wildman–Crippen MR) is 104 cm³/mol. The summed E-state index contributed by atoms with van der Waals surface area (Å²) in [7, 11) is 0. The molecule has 0 spiro atoms. The van der Waals surface area contributed by atoms with E-state index in [1.807, 2.05) is 42.6 Å². The van der Waals surface area contributed by atoms with Crippen molar-refractivity contribution in [2.45, 2.75) is 13.5 Å². The molecule has 0 atom stereocenters. The minimum Gasteiger partial charge on any atom is -0.489 e. The van der Waals surface area contributed by atoms with Crippen LogP contribution in [-0.2, 0) is 6.61 Å². The highest BCUT2D eigenvalue weighted by Crippen LogP contribution is 2.23. The maximum absolute atomic E-state index is 12.3. The van der Waals surface area contributed by atoms with Crippen LogP contribution < -0.4 is 10.1 Å². The van der Waals surface area contributed by atoms with Crippen LogP contribution in [0.4, 0.5) is 5.69 Å². The lowest BCUT2D eigenvalue weighted by Crippen LogP contribution is -2.10. The van der Waals surface area contributed by atoms with Crippen molar-refractivity contribution in [1.29, 1.82) is 0 Å². The Morgan fingerprint density at radius 3 is 2.60 bits per heavy atom. The molecule has 0 saturated heterocycles. The second-order valence-corrected chi connectivity index (χ2v) is 7.23. The molecule has 0 fully saturated rings. The van der Waals surface area contributed by atoms with Crippen molar-refractivity contribution in [3.05, 3.63) is 80.0 Å². The molecule has 0 saturated carbocycles. The first-order chi connectivity index (χ1) is 12.0. The first-order valence-corrected chi connectivity index (χ1v) is 9.18. The summed E-state index contributed by atoms with van der Waals surface area (Å²) >= 11 is 13.3. The van der Waals surface area contributed by atoms with E-state index in [1.165, 1.54) is 11.3 Å². The third kappa shape index (κ3) is 4.75. The summed E-state index contributed by atoms with van der Waals surface area (Å²) in [4.78, 5) is 13.0. The molecule has 3 rings (SSSR count). The molecule has 0 bridgehead atoms. The SMILES string of the molecule is Cc1ccc(NC(=O)c2cc(COc3ccc(Cl)cc3)cs2)cc1Cl. The zero-order valence-electron chi connectivity index (χ0n) is 13.4. The van der Waals surface area contributed by atoms with Crippen LogP contribution in [0.15, 0.2) is 53.9 Å². The van der Waals surface area contributed by atoms with Gasteiger partial charge in [0.1, 0.15) is 12.4 Å². The summed E-state index contributed by atoms with van der Waals surface area (Å²) in [6.45, 7) is 2.31. The van der Waals surface area contributed by atoms with Crippen molar-refractivity contribution in [3.63, 3.8) is 0 Å². The maximum Gasteiger partial charge on any atom is 0.265 e. The van der Waals surface area contributed by atoms with Crippen LogP contribution in [0.25, 0.3) is 0 Å². The third-order valence-corrected chi connectivity index (χ3v) is 5.16. The Bertz CT molecular complexity index is 891. The molecule has 2 aromatic carbocycles. The van der Waals surface area contributed by atoms with E-state index in [0.29, 0.717) is 27.2 Å². The fourth-order valence-electron chi connectivity index (χ4n) is 2.13. The summed E-state index contributed by atoms with van der Waals surface area (Å²) < 4.78 is 5.69. The molecule has 3 aromatic rings. The van der Waals surface area contributed by atoms with Crippen LogP contribution in [0.2, 0.25) is 10.0 Å². The van der Waals surface area contributed by atoms with Gasteiger partial charge in [-0.1, -0.05) is 29.3 Å². The number of halogens is 2. The number of carbonyl (C=O) groups excluding carboxylic acids is 1. The summed E-state index contributed by atoms with van der Waals surface area (Å²) in [5, 5.41) is 6.05. The van der Waals surface area contributed by atoms with E-state index >= 15 is 0 Å². The summed E-state index contributed by atoms with van der Waals surface area (Å²) in [6.07, 6.45) is 0. The Morgan fingerprint density at radius 1 is 1.12 bits per heavy atom. The van der Waals surface area contributed by atoms with Gasteiger partial charge in [-0.3, -0.25) is 4.79 Å². The molecular formula is C19H15Cl2NO2S. The molecule has 0 aliphatic rings. The average molecular weight is 392 g/mol. The number of aryl methyl sites for hydroxylation is 1. The molecular weight excluding hydrogens is 377 g/mol. The molecule has 1 aromatic heterocycles. The maximum atomic E-state index is 12.3. The minimum absolute atomic E-state index is 0.164. The van der Waals surface area contributed by atoms with E-state index in [2.05, 4.69) is 5.32 Å². The number of carbonyl (C=O) groups is 1. The van der Waals surface area contributed by atoms with E-state index in [4.69, 9.17) is 27.9 Å². The van der Waals surface area contributed by atoms with Crippen LogP contribution in [0.5, 0.6) is 5.75 Å². The van der Waals surface area contributed by atoms with Gasteiger partial charge in [-0.2, -0.15) is 0 Å². The largest absolute Gasteiger partial charge is 0.489 e. The Hall–Kier alpha value is -2.01. The molecule has 0 radical (unpaired) electrons. The minimum atomic E-state index is -0.164. The van der Waals surface area contributed by atoms with Crippen molar-refractivity contribution >= 4 is 46.1 Å². The zero-order chi connectivity index (χ0) is 17.8.